The molecule has 1 aliphatic heterocycles. The zero-order valence-corrected chi connectivity index (χ0v) is 18.0. The van der Waals surface area contributed by atoms with Crippen LogP contribution < -0.4 is 21.3 Å². The average Bonchev–Trinajstić information content (AvgIpc) is 3.11. The molecule has 1 atom stereocenters. The second-order valence-corrected chi connectivity index (χ2v) is 8.92. The lowest BCUT2D eigenvalue weighted by Crippen LogP contribution is -2.29. The third-order valence-electron chi connectivity index (χ3n) is 5.33. The van der Waals surface area contributed by atoms with Crippen molar-refractivity contribution in [2.75, 3.05) is 29.0 Å². The van der Waals surface area contributed by atoms with Crippen molar-refractivity contribution in [1.29, 1.82) is 0 Å². The van der Waals surface area contributed by atoms with Crippen LogP contribution in [-0.4, -0.2) is 49.5 Å². The first kappa shape index (κ1) is 22.1. The van der Waals surface area contributed by atoms with Gasteiger partial charge in [-0.15, -0.1) is 0 Å². The van der Waals surface area contributed by atoms with E-state index in [4.69, 9.17) is 0 Å². The fourth-order valence-electron chi connectivity index (χ4n) is 3.64. The number of thioether (sulfide) groups is 1. The second kappa shape index (κ2) is 9.98. The van der Waals surface area contributed by atoms with Crippen LogP contribution in [0.1, 0.15) is 32.1 Å². The van der Waals surface area contributed by atoms with Gasteiger partial charge in [-0.3, -0.25) is 14.9 Å². The number of rotatable bonds is 8. The number of aromatic nitrogens is 3. The van der Waals surface area contributed by atoms with Crippen LogP contribution in [0.3, 0.4) is 0 Å². The molecular formula is C20H24FN7O3S. The van der Waals surface area contributed by atoms with Gasteiger partial charge in [-0.2, -0.15) is 15.0 Å². The lowest BCUT2D eigenvalue weighted by Gasteiger charge is -2.22. The maximum Gasteiger partial charge on any atom is 0.286 e. The summed E-state index contributed by atoms with van der Waals surface area (Å²) in [4.78, 5) is 36.2. The Balaban J connectivity index is 1.49. The number of halogens is 1. The molecule has 12 heteroatoms. The van der Waals surface area contributed by atoms with Gasteiger partial charge in [-0.1, -0.05) is 19.3 Å². The minimum Gasteiger partial charge on any atom is -0.505 e. The number of nitrogens with zero attached hydrogens (tertiary/aromatic N) is 3. The summed E-state index contributed by atoms with van der Waals surface area (Å²) in [6, 6.07) is 3.86. The van der Waals surface area contributed by atoms with Gasteiger partial charge in [-0.25, -0.2) is 4.39 Å². The Kier molecular flexibility index (Phi) is 6.88. The number of hydrogen-bond donors (Lipinski definition) is 5. The zero-order valence-electron chi connectivity index (χ0n) is 17.2. The number of carbonyl (C=O) groups is 2. The molecule has 2 aliphatic rings. The summed E-state index contributed by atoms with van der Waals surface area (Å²) in [5, 5.41) is 19.8. The molecule has 1 aliphatic carbocycles. The monoisotopic (exact) mass is 461 g/mol. The minimum absolute atomic E-state index is 0.154. The average molecular weight is 462 g/mol. The summed E-state index contributed by atoms with van der Waals surface area (Å²) in [6.45, 7) is 0.883. The number of hydrogen-bond acceptors (Lipinski definition) is 10. The number of carbonyl (C=O) groups excluding carboxylic acids is 2. The van der Waals surface area contributed by atoms with Crippen molar-refractivity contribution >= 4 is 46.4 Å². The van der Waals surface area contributed by atoms with Gasteiger partial charge in [-0.05, 0) is 42.7 Å². The van der Waals surface area contributed by atoms with E-state index in [-0.39, 0.29) is 29.6 Å². The van der Waals surface area contributed by atoms with E-state index >= 15 is 0 Å². The van der Waals surface area contributed by atoms with Gasteiger partial charge in [0.25, 0.3) is 5.24 Å². The van der Waals surface area contributed by atoms with Gasteiger partial charge in [0.15, 0.2) is 11.6 Å². The Bertz CT molecular complexity index is 1000. The summed E-state index contributed by atoms with van der Waals surface area (Å²) in [6.07, 6.45) is 6.01. The van der Waals surface area contributed by atoms with E-state index in [0.29, 0.717) is 17.6 Å². The number of benzene rings is 1. The standard InChI is InChI=1S/C20H24FN7O3S/c21-13-8-12(6-7-14(13)29)24-19-27-17(22-9-11-4-2-1-3-5-11)26-18(28-19)23-10-15-16(30)25-20(31)32-15/h6-8,11,15,29H,1-5,9-10H2,(H,25,30,31)(H3,22,23,24,26,27,28). The van der Waals surface area contributed by atoms with Crippen molar-refractivity contribution in [2.24, 2.45) is 5.92 Å². The number of imide groups is 1. The molecule has 2 fully saturated rings. The van der Waals surface area contributed by atoms with Crippen molar-refractivity contribution in [1.82, 2.24) is 20.3 Å². The molecule has 2 heterocycles. The molecule has 0 spiro atoms. The Hall–Kier alpha value is -3.15. The molecule has 4 rings (SSSR count). The van der Waals surface area contributed by atoms with Gasteiger partial charge >= 0.3 is 0 Å². The number of amides is 2. The summed E-state index contributed by atoms with van der Waals surface area (Å²) < 4.78 is 13.7. The number of nitrogens with one attached hydrogen (secondary N) is 4. The van der Waals surface area contributed by atoms with Crippen LogP contribution in [0.2, 0.25) is 0 Å². The lowest BCUT2D eigenvalue weighted by molar-refractivity contribution is -0.118. The Labute approximate surface area is 188 Å². The van der Waals surface area contributed by atoms with Crippen molar-refractivity contribution in [2.45, 2.75) is 37.4 Å². The van der Waals surface area contributed by atoms with Crippen LogP contribution in [-0.2, 0) is 4.79 Å². The molecule has 1 saturated heterocycles. The van der Waals surface area contributed by atoms with E-state index in [1.54, 1.807) is 0 Å². The number of anilines is 4. The minimum atomic E-state index is -0.771. The Morgan fingerprint density at radius 1 is 1.03 bits per heavy atom. The molecule has 1 saturated carbocycles. The van der Waals surface area contributed by atoms with Crippen LogP contribution in [0.4, 0.5) is 32.7 Å². The number of aromatic hydroxyl groups is 1. The highest BCUT2D eigenvalue weighted by Gasteiger charge is 2.31. The van der Waals surface area contributed by atoms with E-state index in [1.165, 1.54) is 31.4 Å². The second-order valence-electron chi connectivity index (χ2n) is 7.75. The predicted molar refractivity (Wildman–Crippen MR) is 120 cm³/mol. The summed E-state index contributed by atoms with van der Waals surface area (Å²) in [5.74, 6) is -0.329. The molecule has 2 amide bonds. The van der Waals surface area contributed by atoms with Crippen molar-refractivity contribution in [3.8, 4) is 5.75 Å². The molecule has 1 aromatic carbocycles. The normalized spacial score (nSPS) is 19.0. The van der Waals surface area contributed by atoms with Gasteiger partial charge in [0.1, 0.15) is 5.25 Å². The van der Waals surface area contributed by atoms with Gasteiger partial charge in [0.2, 0.25) is 23.8 Å². The van der Waals surface area contributed by atoms with Crippen LogP contribution in [0.5, 0.6) is 5.75 Å². The molecule has 1 aromatic heterocycles. The highest BCUT2D eigenvalue weighted by molar-refractivity contribution is 8.15. The maximum atomic E-state index is 13.7. The summed E-state index contributed by atoms with van der Waals surface area (Å²) in [7, 11) is 0. The van der Waals surface area contributed by atoms with E-state index < -0.39 is 16.8 Å². The van der Waals surface area contributed by atoms with Crippen LogP contribution in [0.25, 0.3) is 0 Å². The van der Waals surface area contributed by atoms with E-state index in [2.05, 4.69) is 36.2 Å². The molecular weight excluding hydrogens is 437 g/mol. The quantitative estimate of drug-likeness (QED) is 0.372. The highest BCUT2D eigenvalue weighted by atomic mass is 32.2. The van der Waals surface area contributed by atoms with E-state index in [0.717, 1.165) is 37.2 Å². The summed E-state index contributed by atoms with van der Waals surface area (Å²) >= 11 is 0.906. The molecule has 32 heavy (non-hydrogen) atoms. The number of phenols is 1. The lowest BCUT2D eigenvalue weighted by atomic mass is 9.89. The fraction of sp³-hybridized carbons (Fsp3) is 0.450. The van der Waals surface area contributed by atoms with Crippen LogP contribution >= 0.6 is 11.8 Å². The predicted octanol–water partition coefficient (Wildman–Crippen LogP) is 3.22. The Morgan fingerprint density at radius 3 is 2.38 bits per heavy atom. The molecule has 10 nitrogen and oxygen atoms in total. The SMILES string of the molecule is O=C1NC(=O)C(CNc2nc(NCC3CCCCC3)nc(Nc3ccc(O)c(F)c3)n2)S1. The molecule has 5 N–H and O–H groups in total. The Morgan fingerprint density at radius 2 is 1.72 bits per heavy atom. The van der Waals surface area contributed by atoms with Gasteiger partial charge < -0.3 is 21.1 Å². The third kappa shape index (κ3) is 5.75. The molecule has 1 unspecified atom stereocenters. The third-order valence-corrected chi connectivity index (χ3v) is 6.31. The summed E-state index contributed by atoms with van der Waals surface area (Å²) in [5.41, 5.74) is 0.354. The van der Waals surface area contributed by atoms with Crippen molar-refractivity contribution in [3.63, 3.8) is 0 Å². The van der Waals surface area contributed by atoms with Crippen LogP contribution in [0, 0.1) is 11.7 Å². The van der Waals surface area contributed by atoms with E-state index in [1.807, 2.05) is 0 Å². The molecule has 0 radical (unpaired) electrons. The molecule has 170 valence electrons. The maximum absolute atomic E-state index is 13.7. The smallest absolute Gasteiger partial charge is 0.286 e. The van der Waals surface area contributed by atoms with Gasteiger partial charge in [0.05, 0.1) is 0 Å². The topological polar surface area (TPSA) is 141 Å². The first-order valence-electron chi connectivity index (χ1n) is 10.5. The molecule has 0 bridgehead atoms. The first-order valence-corrected chi connectivity index (χ1v) is 11.3. The number of phenolic OH excluding ortho intramolecular Hbond substituents is 1. The fourth-order valence-corrected chi connectivity index (χ4v) is 4.39. The van der Waals surface area contributed by atoms with Crippen LogP contribution in [0.15, 0.2) is 18.2 Å². The van der Waals surface area contributed by atoms with E-state index in [9.17, 15) is 19.1 Å². The zero-order chi connectivity index (χ0) is 22.5. The van der Waals surface area contributed by atoms with Crippen molar-refractivity contribution < 1.29 is 19.1 Å². The highest BCUT2D eigenvalue weighted by Crippen LogP contribution is 2.25. The molecule has 2 aromatic rings. The van der Waals surface area contributed by atoms with Crippen molar-refractivity contribution in [3.05, 3.63) is 24.0 Å². The van der Waals surface area contributed by atoms with Gasteiger partial charge in [0, 0.05) is 24.8 Å². The largest absolute Gasteiger partial charge is 0.505 e. The first-order chi connectivity index (χ1) is 15.5.